The quantitative estimate of drug-likeness (QED) is 0.00959. The fourth-order valence-corrected chi connectivity index (χ4v) is 11.9. The van der Waals surface area contributed by atoms with Crippen molar-refractivity contribution in [3.05, 3.63) is 137 Å². The highest BCUT2D eigenvalue weighted by molar-refractivity contribution is 6.06. The number of ketones is 1. The summed E-state index contributed by atoms with van der Waals surface area (Å²) >= 11 is 0. The number of fused-ring (bicyclic) bond motifs is 1. The number of carbonyl (C=O) groups is 20. The molecule has 0 saturated carbocycles. The predicted octanol–water partition coefficient (Wildman–Crippen LogP) is -6.05. The topological polar surface area (TPSA) is 702 Å². The van der Waals surface area contributed by atoms with E-state index in [4.69, 9.17) is 21.9 Å². The number of carbonyl (C=O) groups excluding carboxylic acids is 16. The summed E-state index contributed by atoms with van der Waals surface area (Å²) in [5, 5.41) is 78.6. The van der Waals surface area contributed by atoms with Crippen molar-refractivity contribution in [2.45, 2.75) is 151 Å². The van der Waals surface area contributed by atoms with Crippen LogP contribution < -0.4 is 86.3 Å². The molecule has 0 spiro atoms. The molecule has 6 rings (SSSR count). The van der Waals surface area contributed by atoms with Crippen LogP contribution in [0.1, 0.15) is 110 Å². The maximum atomic E-state index is 14.9. The number of benzene rings is 4. The van der Waals surface area contributed by atoms with E-state index in [9.17, 15) is 121 Å². The van der Waals surface area contributed by atoms with Crippen LogP contribution in [0, 0.1) is 29.6 Å². The Morgan fingerprint density at radius 3 is 1.66 bits per heavy atom. The lowest BCUT2D eigenvalue weighted by Crippen LogP contribution is -2.62. The van der Waals surface area contributed by atoms with E-state index in [2.05, 4.69) is 81.8 Å². The minimum Gasteiger partial charge on any atom is -0.481 e. The van der Waals surface area contributed by atoms with Gasteiger partial charge in [0.25, 0.3) is 5.91 Å². The van der Waals surface area contributed by atoms with Crippen LogP contribution in [0.5, 0.6) is 0 Å². The molecule has 1 aromatic heterocycles. The Bertz CT molecular complexity index is 4920. The Morgan fingerprint density at radius 2 is 1.07 bits per heavy atom. The number of amides is 14. The smallest absolute Gasteiger partial charge is 0.329 e. The molecule has 5 aromatic rings. The maximum absolute atomic E-state index is 14.9. The lowest BCUT2D eigenvalue weighted by Gasteiger charge is -2.30. The van der Waals surface area contributed by atoms with E-state index in [-0.39, 0.29) is 36.2 Å². The SMILES string of the molecule is C[C@H]1NC(=O)[C@H](CC(=O)O)NC(=O)[C@H](CCCN)NC(=O)CNC(=O)[C@@H](NC(=O)[C@H](CC(=O)O)NC(=O)[C@H](CC(N)=O)NC(=O)[C@H](Cc2c[nH]c3ccccc23)NC(=O)c2ccc(C#CC#Cc3ccccc3)cc2)[C@@H](C)OC(=O)[C@H](CC(=O)c2ccccc2N)NC(=O)[C@H]([C@@H](C)CC(=O)O)NC(=O)[C@@H](CO)NC(=O)CNC(=O)[C@H](CC(=O)O)NC1=O. The highest BCUT2D eigenvalue weighted by Crippen LogP contribution is 2.22. The van der Waals surface area contributed by atoms with Crippen molar-refractivity contribution < 1.29 is 126 Å². The highest BCUT2D eigenvalue weighted by Gasteiger charge is 2.41. The van der Waals surface area contributed by atoms with Crippen LogP contribution in [0.15, 0.2) is 109 Å². The Balaban J connectivity index is 1.40. The van der Waals surface area contributed by atoms with Gasteiger partial charge in [0.2, 0.25) is 76.8 Å². The van der Waals surface area contributed by atoms with E-state index in [1.807, 2.05) is 22.0 Å². The number of hydrogen-bond acceptors (Lipinski definition) is 24. The number of rotatable bonds is 28. The summed E-state index contributed by atoms with van der Waals surface area (Å²) in [4.78, 5) is 278. The van der Waals surface area contributed by atoms with Crippen molar-refractivity contribution in [3.8, 4) is 23.7 Å². The van der Waals surface area contributed by atoms with Gasteiger partial charge < -0.3 is 122 Å². The number of carboxylic acids is 4. The molecule has 0 aliphatic carbocycles. The number of ether oxygens (including phenoxy) is 1. The summed E-state index contributed by atoms with van der Waals surface area (Å²) in [6, 6.07) is 3.70. The average molecular weight is 1690 g/mol. The first-order chi connectivity index (χ1) is 57.8. The van der Waals surface area contributed by atoms with Crippen LogP contribution in [0.3, 0.4) is 0 Å². The summed E-state index contributed by atoms with van der Waals surface area (Å²) in [6.45, 7) is -1.03. The fraction of sp³-hybridized carbons (Fsp3) is 0.367. The van der Waals surface area contributed by atoms with Crippen LogP contribution in [-0.2, 0) is 97.5 Å². The van der Waals surface area contributed by atoms with E-state index < -0.39 is 261 Å². The number of H-pyrrole nitrogens is 1. The Hall–Kier alpha value is -15.1. The molecule has 13 atom stereocenters. The van der Waals surface area contributed by atoms with E-state index >= 15 is 0 Å². The molecule has 1 aliphatic heterocycles. The molecule has 43 heteroatoms. The number of cyclic esters (lactones) is 1. The number of aromatic nitrogens is 1. The van der Waals surface area contributed by atoms with E-state index in [1.54, 1.807) is 48.5 Å². The van der Waals surface area contributed by atoms with Gasteiger partial charge in [0.05, 0.1) is 51.8 Å². The third-order valence-electron chi connectivity index (χ3n) is 18.2. The number of aliphatic hydroxyl groups excluding tert-OH is 1. The monoisotopic (exact) mass is 1690 g/mol. The molecule has 25 N–H and O–H groups in total. The number of nitrogens with one attached hydrogen (secondary N) is 14. The summed E-state index contributed by atoms with van der Waals surface area (Å²) in [5.41, 5.74) is 19.1. The molecule has 1 saturated heterocycles. The lowest BCUT2D eigenvalue weighted by atomic mass is 9.96. The van der Waals surface area contributed by atoms with Gasteiger partial charge in [-0.25, -0.2) is 4.79 Å². The highest BCUT2D eigenvalue weighted by atomic mass is 16.5. The minimum absolute atomic E-state index is 0.00584. The molecule has 0 unspecified atom stereocenters. The summed E-state index contributed by atoms with van der Waals surface area (Å²) in [6.07, 6.45) is -8.63. The molecular formula is C79H91N17O26. The zero-order valence-electron chi connectivity index (χ0n) is 65.6. The molecule has 14 amide bonds. The van der Waals surface area contributed by atoms with Gasteiger partial charge in [-0.2, -0.15) is 0 Å². The van der Waals surface area contributed by atoms with Crippen LogP contribution in [0.2, 0.25) is 0 Å². The van der Waals surface area contributed by atoms with Gasteiger partial charge in [-0.1, -0.05) is 67.3 Å². The van der Waals surface area contributed by atoms with Gasteiger partial charge in [-0.05, 0) is 111 Å². The number of hydrogen-bond donors (Lipinski definition) is 22. The molecule has 1 fully saturated rings. The van der Waals surface area contributed by atoms with E-state index in [1.165, 1.54) is 54.7 Å². The van der Waals surface area contributed by atoms with Crippen LogP contribution >= 0.6 is 0 Å². The zero-order chi connectivity index (χ0) is 90.0. The molecule has 0 bridgehead atoms. The van der Waals surface area contributed by atoms with Gasteiger partial charge in [-0.15, -0.1) is 0 Å². The molecule has 648 valence electrons. The molecule has 1 aliphatic rings. The molecule has 2 heterocycles. The predicted molar refractivity (Wildman–Crippen MR) is 424 cm³/mol. The third-order valence-corrected chi connectivity index (χ3v) is 18.2. The number of para-hydroxylation sites is 2. The molecule has 43 nitrogen and oxygen atoms in total. The van der Waals surface area contributed by atoms with Crippen molar-refractivity contribution in [1.29, 1.82) is 0 Å². The minimum atomic E-state index is -2.48. The second-order valence-corrected chi connectivity index (χ2v) is 27.7. The Labute approximate surface area is 693 Å². The van der Waals surface area contributed by atoms with Gasteiger partial charge in [0, 0.05) is 57.9 Å². The largest absolute Gasteiger partial charge is 0.481 e. The molecule has 0 radical (unpaired) electrons. The first-order valence-corrected chi connectivity index (χ1v) is 37.5. The number of esters is 1. The second kappa shape index (κ2) is 46.7. The Morgan fingerprint density at radius 1 is 0.533 bits per heavy atom. The number of aromatic amines is 1. The second-order valence-electron chi connectivity index (χ2n) is 27.7. The first kappa shape index (κ1) is 95.7. The first-order valence-electron chi connectivity index (χ1n) is 37.5. The van der Waals surface area contributed by atoms with Gasteiger partial charge >= 0.3 is 29.8 Å². The number of nitrogen functional groups attached to an aromatic ring is 1. The number of Topliss-reactive ketones (excluding diaryl/α,β-unsaturated/α-hetero) is 1. The van der Waals surface area contributed by atoms with Crippen molar-refractivity contribution >= 4 is 135 Å². The average Bonchev–Trinajstić information content (AvgIpc) is 1.62. The zero-order valence-corrected chi connectivity index (χ0v) is 65.6. The molecule has 4 aromatic carbocycles. The summed E-state index contributed by atoms with van der Waals surface area (Å²) in [7, 11) is 0. The lowest BCUT2D eigenvalue weighted by molar-refractivity contribution is -0.156. The summed E-state index contributed by atoms with van der Waals surface area (Å²) < 4.78 is 5.69. The van der Waals surface area contributed by atoms with Crippen molar-refractivity contribution in [2.24, 2.45) is 17.4 Å². The molecular weight excluding hydrogens is 1600 g/mol. The van der Waals surface area contributed by atoms with Crippen molar-refractivity contribution in [2.75, 3.05) is 32.0 Å². The van der Waals surface area contributed by atoms with Crippen molar-refractivity contribution in [1.82, 2.24) is 74.1 Å². The number of anilines is 1. The number of aliphatic carboxylic acids is 4. The van der Waals surface area contributed by atoms with Gasteiger partial charge in [0.15, 0.2) is 5.78 Å². The van der Waals surface area contributed by atoms with Crippen LogP contribution in [0.4, 0.5) is 5.69 Å². The van der Waals surface area contributed by atoms with E-state index in [0.717, 1.165) is 20.8 Å². The van der Waals surface area contributed by atoms with Gasteiger partial charge in [0.1, 0.15) is 72.6 Å². The Kier molecular flexibility index (Phi) is 36.6. The fourth-order valence-electron chi connectivity index (χ4n) is 11.9. The molecule has 122 heavy (non-hydrogen) atoms. The third kappa shape index (κ3) is 30.4. The van der Waals surface area contributed by atoms with Crippen LogP contribution in [-0.4, -0.2) is 248 Å². The number of primary amides is 1. The normalized spacial score (nSPS) is 20.3. The van der Waals surface area contributed by atoms with Crippen LogP contribution in [0.25, 0.3) is 10.9 Å². The maximum Gasteiger partial charge on any atom is 0.329 e. The standard InChI is InChI=1S/C79H91N17O26/c1-39(28-62(102)103)66-78(120)94-56(30-58(98)47-19-9-11-20-48(47)81)79(121)122-41(3)67(77(119)85-37-60(100)87-50(22-13-27-80)71(113)92-54(33-64(106)107)72(114)86-40(2)68(110)89-53(32-63(104)105)70(112)84-36-61(101)88-57(38-97)76(118)95-66)96-75(117)55(34-65(108)109)93-74(116)52(31-59(82)99)91-73(115)51(29-45-35-83-49-21-12-10-18-46(45)49)90-69(111)44-25-23-43(24-26-44)17-8-7-16-42-14-5-4-6-15-42/h4-6,9-12,14-15,18-21,23-26,35,39-41,50-57,66-67,83,97H,13,22,27-34,36-38,80-81H2,1-3H3,(H2,82,99)(H,84,112)(H,85,119)(H,86,114)(H,87,100)(H,88,101)(H,89,110)(H,90,111)(H,91,115)(H,92,113)(H,93,116)(H,94,120)(H,95,118)(H,96,117)(H,102,103)(H,104,105)(H,106,107)(H,108,109)/t39-,40+,41+,50-,51-,52-,53-,54-,55-,56-,57+,66-,67-/m0/s1. The number of nitrogens with two attached hydrogens (primary N) is 3. The van der Waals surface area contributed by atoms with E-state index in [0.29, 0.717) is 27.6 Å². The number of carboxylic acid groups (broad SMARTS) is 4. The van der Waals surface area contributed by atoms with Crippen molar-refractivity contribution in [3.63, 3.8) is 0 Å². The van der Waals surface area contributed by atoms with Gasteiger partial charge in [-0.3, -0.25) is 91.1 Å². The number of aliphatic hydroxyl groups is 1. The summed E-state index contributed by atoms with van der Waals surface area (Å²) in [5.74, 6) is -19.2.